The van der Waals surface area contributed by atoms with Gasteiger partial charge in [0.2, 0.25) is 0 Å². The molecule has 2 N–H and O–H groups in total. The fraction of sp³-hybridized carbons (Fsp3) is 0.250. The first-order valence-electron chi connectivity index (χ1n) is 5.41. The molecule has 6 heteroatoms. The van der Waals surface area contributed by atoms with Crippen molar-refractivity contribution in [2.24, 2.45) is 0 Å². The average Bonchev–Trinajstić information content (AvgIpc) is 2.72. The molecule has 2 aromatic rings. The molecule has 0 saturated heterocycles. The van der Waals surface area contributed by atoms with Gasteiger partial charge in [0.05, 0.1) is 0 Å². The molecule has 0 fully saturated rings. The molecule has 1 aromatic carbocycles. The summed E-state index contributed by atoms with van der Waals surface area (Å²) in [7, 11) is 0. The number of aromatic amines is 1. The Bertz CT molecular complexity index is 596. The Morgan fingerprint density at radius 2 is 2.33 bits per heavy atom. The van der Waals surface area contributed by atoms with E-state index in [0.29, 0.717) is 11.6 Å². The Morgan fingerprint density at radius 1 is 1.56 bits per heavy atom. The monoisotopic (exact) mass is 286 g/mol. The lowest BCUT2D eigenvalue weighted by molar-refractivity contribution is 0.566. The zero-order valence-electron chi connectivity index (χ0n) is 9.67. The lowest BCUT2D eigenvalue weighted by atomic mass is 10.1. The summed E-state index contributed by atoms with van der Waals surface area (Å²) < 4.78 is 12.9. The van der Waals surface area contributed by atoms with E-state index >= 15 is 0 Å². The first-order chi connectivity index (χ1) is 8.56. The number of benzene rings is 1. The summed E-state index contributed by atoms with van der Waals surface area (Å²) in [5.74, 6) is -0.349. The second kappa shape index (κ2) is 5.65. The molecular formula is C12H12ClFN2OS. The summed E-state index contributed by atoms with van der Waals surface area (Å²) in [6.07, 6.45) is 0. The predicted molar refractivity (Wildman–Crippen MR) is 71.6 cm³/mol. The van der Waals surface area contributed by atoms with Crippen LogP contribution < -0.4 is 10.2 Å². The van der Waals surface area contributed by atoms with Gasteiger partial charge in [0.1, 0.15) is 5.82 Å². The maximum atomic E-state index is 12.9. The van der Waals surface area contributed by atoms with Crippen molar-refractivity contribution >= 4 is 22.9 Å². The number of H-pyrrole nitrogens is 1. The molecule has 0 radical (unpaired) electrons. The van der Waals surface area contributed by atoms with Crippen LogP contribution in [0.4, 0.5) is 4.39 Å². The third kappa shape index (κ3) is 3.19. The van der Waals surface area contributed by atoms with Crippen LogP contribution >= 0.6 is 22.9 Å². The molecule has 0 bridgehead atoms. The van der Waals surface area contributed by atoms with E-state index in [1.165, 1.54) is 12.1 Å². The summed E-state index contributed by atoms with van der Waals surface area (Å²) in [4.78, 5) is 13.6. The zero-order chi connectivity index (χ0) is 13.1. The molecule has 2 rings (SSSR count). The van der Waals surface area contributed by atoms with Crippen molar-refractivity contribution in [3.05, 3.63) is 55.3 Å². The molecule has 1 atom stereocenters. The Labute approximate surface area is 113 Å². The predicted octanol–water partition coefficient (Wildman–Crippen LogP) is 3.08. The van der Waals surface area contributed by atoms with Crippen LogP contribution in [0.5, 0.6) is 0 Å². The van der Waals surface area contributed by atoms with Gasteiger partial charge in [-0.15, -0.1) is 0 Å². The molecule has 1 unspecified atom stereocenters. The van der Waals surface area contributed by atoms with Crippen LogP contribution in [0, 0.1) is 5.82 Å². The van der Waals surface area contributed by atoms with Crippen LogP contribution in [0.1, 0.15) is 24.2 Å². The summed E-state index contributed by atoms with van der Waals surface area (Å²) >= 11 is 7.10. The first-order valence-corrected chi connectivity index (χ1v) is 6.67. The van der Waals surface area contributed by atoms with Gasteiger partial charge < -0.3 is 10.3 Å². The first kappa shape index (κ1) is 13.3. The van der Waals surface area contributed by atoms with Gasteiger partial charge in [-0.3, -0.25) is 4.79 Å². The third-order valence-corrected chi connectivity index (χ3v) is 3.64. The van der Waals surface area contributed by atoms with Crippen LogP contribution in [0.15, 0.2) is 28.4 Å². The molecule has 0 aliphatic carbocycles. The van der Waals surface area contributed by atoms with E-state index in [0.717, 1.165) is 22.6 Å². The number of nitrogens with one attached hydrogen (secondary N) is 2. The van der Waals surface area contributed by atoms with Crippen molar-refractivity contribution < 1.29 is 4.39 Å². The minimum absolute atomic E-state index is 0.0264. The minimum Gasteiger partial charge on any atom is -0.315 e. The van der Waals surface area contributed by atoms with Crippen LogP contribution in [0.3, 0.4) is 0 Å². The highest BCUT2D eigenvalue weighted by molar-refractivity contribution is 7.07. The largest absolute Gasteiger partial charge is 0.315 e. The van der Waals surface area contributed by atoms with E-state index in [4.69, 9.17) is 11.6 Å². The smallest absolute Gasteiger partial charge is 0.304 e. The van der Waals surface area contributed by atoms with Crippen molar-refractivity contribution in [2.75, 3.05) is 0 Å². The Kier molecular flexibility index (Phi) is 4.16. The topological polar surface area (TPSA) is 44.9 Å². The van der Waals surface area contributed by atoms with E-state index in [1.54, 1.807) is 11.4 Å². The number of hydrogen-bond acceptors (Lipinski definition) is 3. The second-order valence-corrected chi connectivity index (χ2v) is 5.19. The number of halogens is 2. The molecular weight excluding hydrogens is 275 g/mol. The lowest BCUT2D eigenvalue weighted by Gasteiger charge is -2.15. The summed E-state index contributed by atoms with van der Waals surface area (Å²) in [6, 6.07) is 4.31. The Hall–Kier alpha value is -1.17. The molecule has 0 aliphatic rings. The van der Waals surface area contributed by atoms with Gasteiger partial charge in [-0.1, -0.05) is 29.0 Å². The van der Waals surface area contributed by atoms with Crippen molar-refractivity contribution in [1.82, 2.24) is 10.3 Å². The molecule has 0 spiro atoms. The highest BCUT2D eigenvalue weighted by atomic mass is 35.5. The van der Waals surface area contributed by atoms with Crippen LogP contribution in [-0.4, -0.2) is 4.98 Å². The van der Waals surface area contributed by atoms with E-state index in [1.807, 2.05) is 6.92 Å². The average molecular weight is 287 g/mol. The van der Waals surface area contributed by atoms with Crippen molar-refractivity contribution in [3.63, 3.8) is 0 Å². The van der Waals surface area contributed by atoms with E-state index in [-0.39, 0.29) is 16.7 Å². The van der Waals surface area contributed by atoms with Gasteiger partial charge in [-0.2, -0.15) is 0 Å². The number of aromatic nitrogens is 1. The Morgan fingerprint density at radius 3 is 2.94 bits per heavy atom. The summed E-state index contributed by atoms with van der Waals surface area (Å²) in [5, 5.41) is 5.39. The van der Waals surface area contributed by atoms with Crippen molar-refractivity contribution in [2.45, 2.75) is 19.5 Å². The van der Waals surface area contributed by atoms with E-state index < -0.39 is 0 Å². The van der Waals surface area contributed by atoms with Crippen molar-refractivity contribution in [3.8, 4) is 0 Å². The molecule has 0 aliphatic heterocycles. The number of thiazole rings is 1. The molecule has 18 heavy (non-hydrogen) atoms. The summed E-state index contributed by atoms with van der Waals surface area (Å²) in [5.41, 5.74) is 1.66. The number of hydrogen-bond donors (Lipinski definition) is 2. The maximum Gasteiger partial charge on any atom is 0.304 e. The third-order valence-electron chi connectivity index (χ3n) is 2.60. The van der Waals surface area contributed by atoms with Gasteiger partial charge in [-0.25, -0.2) is 4.39 Å². The van der Waals surface area contributed by atoms with Crippen LogP contribution in [0.25, 0.3) is 0 Å². The quantitative estimate of drug-likeness (QED) is 0.907. The maximum absolute atomic E-state index is 12.9. The molecule has 0 saturated carbocycles. The second-order valence-electron chi connectivity index (χ2n) is 3.94. The molecule has 96 valence electrons. The standard InChI is InChI=1S/C12H12ClFN2OS/c1-7(10-3-2-8(14)4-11(10)13)15-5-9-6-18-12(17)16-9/h2-4,6-7,15H,5H2,1H3,(H,16,17). The zero-order valence-corrected chi connectivity index (χ0v) is 11.2. The SMILES string of the molecule is CC(NCc1csc(=O)[nH]1)c1ccc(F)cc1Cl. The minimum atomic E-state index is -0.349. The highest BCUT2D eigenvalue weighted by Gasteiger charge is 2.10. The van der Waals surface area contributed by atoms with Gasteiger partial charge >= 0.3 is 4.87 Å². The van der Waals surface area contributed by atoms with Crippen LogP contribution in [0.2, 0.25) is 5.02 Å². The molecule has 0 amide bonds. The fourth-order valence-electron chi connectivity index (χ4n) is 1.63. The summed E-state index contributed by atoms with van der Waals surface area (Å²) in [6.45, 7) is 2.47. The molecule has 3 nitrogen and oxygen atoms in total. The van der Waals surface area contributed by atoms with Gasteiger partial charge in [0, 0.05) is 28.7 Å². The van der Waals surface area contributed by atoms with Gasteiger partial charge in [0.25, 0.3) is 0 Å². The number of rotatable bonds is 4. The van der Waals surface area contributed by atoms with E-state index in [2.05, 4.69) is 10.3 Å². The molecule has 1 aromatic heterocycles. The van der Waals surface area contributed by atoms with E-state index in [9.17, 15) is 9.18 Å². The fourth-order valence-corrected chi connectivity index (χ4v) is 2.54. The van der Waals surface area contributed by atoms with Gasteiger partial charge in [0.15, 0.2) is 0 Å². The van der Waals surface area contributed by atoms with Gasteiger partial charge in [-0.05, 0) is 24.6 Å². The molecule has 1 heterocycles. The Balaban J connectivity index is 2.03. The normalized spacial score (nSPS) is 12.6. The van der Waals surface area contributed by atoms with Crippen LogP contribution in [-0.2, 0) is 6.54 Å². The highest BCUT2D eigenvalue weighted by Crippen LogP contribution is 2.23. The lowest BCUT2D eigenvalue weighted by Crippen LogP contribution is -2.19. The van der Waals surface area contributed by atoms with Crippen molar-refractivity contribution in [1.29, 1.82) is 0 Å².